The highest BCUT2D eigenvalue weighted by molar-refractivity contribution is 14.0. The van der Waals surface area contributed by atoms with E-state index in [0.29, 0.717) is 16.0 Å². The Morgan fingerprint density at radius 1 is 1.19 bits per heavy atom. The summed E-state index contributed by atoms with van der Waals surface area (Å²) in [6.07, 6.45) is 4.42. The zero-order valence-corrected chi connectivity index (χ0v) is 19.0. The van der Waals surface area contributed by atoms with Gasteiger partial charge in [-0.05, 0) is 55.2 Å². The number of aliphatic hydroxyl groups excluding tert-OH is 1. The van der Waals surface area contributed by atoms with Crippen LogP contribution >= 0.6 is 47.2 Å². The second-order valence-electron chi connectivity index (χ2n) is 5.78. The molecule has 2 rings (SSSR count). The first kappa shape index (κ1) is 23.9. The van der Waals surface area contributed by atoms with E-state index in [1.54, 1.807) is 30.6 Å². The lowest BCUT2D eigenvalue weighted by Crippen LogP contribution is -2.38. The maximum Gasteiger partial charge on any atom is 0.191 e. The lowest BCUT2D eigenvalue weighted by molar-refractivity contribution is 0.187. The van der Waals surface area contributed by atoms with E-state index in [4.69, 9.17) is 23.2 Å². The minimum absolute atomic E-state index is 0. The number of nitrogens with zero attached hydrogens (tertiary/aromatic N) is 2. The molecule has 5 nitrogen and oxygen atoms in total. The quantitative estimate of drug-likeness (QED) is 0.210. The molecule has 0 fully saturated rings. The number of guanidine groups is 1. The van der Waals surface area contributed by atoms with Crippen LogP contribution in [0.25, 0.3) is 0 Å². The van der Waals surface area contributed by atoms with Gasteiger partial charge in [-0.2, -0.15) is 0 Å². The van der Waals surface area contributed by atoms with Crippen molar-refractivity contribution in [3.63, 3.8) is 0 Å². The largest absolute Gasteiger partial charge is 0.386 e. The minimum atomic E-state index is -0.652. The number of aliphatic hydroxyl groups is 1. The van der Waals surface area contributed by atoms with Crippen LogP contribution in [0.5, 0.6) is 0 Å². The number of aryl methyl sites for hydroxylation is 1. The molecule has 0 aliphatic carbocycles. The lowest BCUT2D eigenvalue weighted by Gasteiger charge is -2.13. The molecule has 1 heterocycles. The van der Waals surface area contributed by atoms with E-state index in [1.807, 2.05) is 19.1 Å². The van der Waals surface area contributed by atoms with Crippen LogP contribution in [0.4, 0.5) is 0 Å². The van der Waals surface area contributed by atoms with Crippen LogP contribution in [0.3, 0.4) is 0 Å². The number of rotatable bonds is 8. The van der Waals surface area contributed by atoms with Gasteiger partial charge in [0.05, 0.1) is 12.6 Å². The number of aliphatic imine (C=N–C) groups is 1. The first-order valence-corrected chi connectivity index (χ1v) is 9.40. The molecule has 0 aliphatic rings. The second-order valence-corrected chi connectivity index (χ2v) is 6.63. The van der Waals surface area contributed by atoms with E-state index in [2.05, 4.69) is 20.6 Å². The van der Waals surface area contributed by atoms with Crippen LogP contribution < -0.4 is 10.6 Å². The van der Waals surface area contributed by atoms with Crippen LogP contribution in [0.2, 0.25) is 10.0 Å². The van der Waals surface area contributed by atoms with Crippen LogP contribution in [0.15, 0.2) is 47.7 Å². The van der Waals surface area contributed by atoms with E-state index in [1.165, 1.54) is 0 Å². The molecule has 1 unspecified atom stereocenters. The Bertz CT molecular complexity index is 716. The number of pyridine rings is 1. The maximum atomic E-state index is 10.2. The van der Waals surface area contributed by atoms with Gasteiger partial charge in [-0.3, -0.25) is 9.98 Å². The van der Waals surface area contributed by atoms with Gasteiger partial charge < -0.3 is 15.7 Å². The van der Waals surface area contributed by atoms with Crippen molar-refractivity contribution in [1.29, 1.82) is 0 Å². The average molecular weight is 523 g/mol. The summed E-state index contributed by atoms with van der Waals surface area (Å²) in [7, 11) is 0. The standard InChI is InChI=1S/C19H24Cl2N4O.HI/c1-2-23-19(25-13-18(26)15-7-10-22-11-8-15)24-9-3-4-14-5-6-16(20)12-17(14)21;/h5-8,10-12,18,26H,2-4,9,13H2,1H3,(H2,23,24,25);1H. The zero-order valence-electron chi connectivity index (χ0n) is 15.2. The van der Waals surface area contributed by atoms with Crippen molar-refractivity contribution in [3.05, 3.63) is 63.9 Å². The number of benzene rings is 1. The molecule has 8 heteroatoms. The molecular formula is C19H25Cl2IN4O. The summed E-state index contributed by atoms with van der Waals surface area (Å²) >= 11 is 12.1. The first-order chi connectivity index (χ1) is 12.6. The summed E-state index contributed by atoms with van der Waals surface area (Å²) in [6, 6.07) is 9.14. The summed E-state index contributed by atoms with van der Waals surface area (Å²) in [6.45, 7) is 3.78. The first-order valence-electron chi connectivity index (χ1n) is 8.64. The zero-order chi connectivity index (χ0) is 18.8. The molecule has 0 bridgehead atoms. The summed E-state index contributed by atoms with van der Waals surface area (Å²) in [5, 5.41) is 18.0. The maximum absolute atomic E-state index is 10.2. The molecule has 27 heavy (non-hydrogen) atoms. The fraction of sp³-hybridized carbons (Fsp3) is 0.368. The third-order valence-corrected chi connectivity index (χ3v) is 4.37. The fourth-order valence-electron chi connectivity index (χ4n) is 2.42. The van der Waals surface area contributed by atoms with Gasteiger partial charge in [-0.25, -0.2) is 0 Å². The van der Waals surface area contributed by atoms with Gasteiger partial charge in [0.25, 0.3) is 0 Å². The van der Waals surface area contributed by atoms with Gasteiger partial charge in [0, 0.05) is 35.5 Å². The molecule has 1 atom stereocenters. The molecule has 0 radical (unpaired) electrons. The molecule has 0 aliphatic heterocycles. The van der Waals surface area contributed by atoms with E-state index >= 15 is 0 Å². The van der Waals surface area contributed by atoms with Crippen molar-refractivity contribution < 1.29 is 5.11 Å². The summed E-state index contributed by atoms with van der Waals surface area (Å²) in [4.78, 5) is 8.39. The topological polar surface area (TPSA) is 69.5 Å². The normalized spacial score (nSPS) is 12.2. The van der Waals surface area contributed by atoms with Crippen molar-refractivity contribution in [2.24, 2.45) is 4.99 Å². The molecule has 0 saturated carbocycles. The van der Waals surface area contributed by atoms with Gasteiger partial charge in [0.2, 0.25) is 0 Å². The minimum Gasteiger partial charge on any atom is -0.386 e. The fourth-order valence-corrected chi connectivity index (χ4v) is 2.92. The highest BCUT2D eigenvalue weighted by atomic mass is 127. The Balaban J connectivity index is 0.00000364. The van der Waals surface area contributed by atoms with Crippen LogP contribution in [-0.4, -0.2) is 35.7 Å². The molecule has 148 valence electrons. The van der Waals surface area contributed by atoms with Gasteiger partial charge in [-0.1, -0.05) is 29.3 Å². The molecule has 0 amide bonds. The Kier molecular flexibility index (Phi) is 11.7. The Morgan fingerprint density at radius 3 is 2.59 bits per heavy atom. The number of hydrogen-bond acceptors (Lipinski definition) is 3. The van der Waals surface area contributed by atoms with Gasteiger partial charge in [0.15, 0.2) is 5.96 Å². The summed E-state index contributed by atoms with van der Waals surface area (Å²) in [5.74, 6) is 0.683. The van der Waals surface area contributed by atoms with Crippen LogP contribution in [-0.2, 0) is 6.42 Å². The number of nitrogens with one attached hydrogen (secondary N) is 2. The van der Waals surface area contributed by atoms with Crippen molar-refractivity contribution >= 4 is 53.1 Å². The number of halogens is 3. The molecule has 1 aromatic heterocycles. The molecule has 1 aromatic carbocycles. The van der Waals surface area contributed by atoms with Gasteiger partial charge >= 0.3 is 0 Å². The van der Waals surface area contributed by atoms with E-state index in [-0.39, 0.29) is 30.5 Å². The highest BCUT2D eigenvalue weighted by Crippen LogP contribution is 2.21. The van der Waals surface area contributed by atoms with Crippen LogP contribution in [0, 0.1) is 0 Å². The van der Waals surface area contributed by atoms with Gasteiger partial charge in [-0.15, -0.1) is 24.0 Å². The average Bonchev–Trinajstić information content (AvgIpc) is 2.65. The predicted molar refractivity (Wildman–Crippen MR) is 123 cm³/mol. The Morgan fingerprint density at radius 2 is 1.93 bits per heavy atom. The highest BCUT2D eigenvalue weighted by Gasteiger charge is 2.07. The van der Waals surface area contributed by atoms with Crippen molar-refractivity contribution in [2.45, 2.75) is 25.9 Å². The SMILES string of the molecule is CCNC(=NCC(O)c1ccncc1)NCCCc1ccc(Cl)cc1Cl.I. The van der Waals surface area contributed by atoms with E-state index in [9.17, 15) is 5.11 Å². The third-order valence-electron chi connectivity index (χ3n) is 3.79. The van der Waals surface area contributed by atoms with Crippen LogP contribution in [0.1, 0.15) is 30.6 Å². The Labute approximate surface area is 187 Å². The van der Waals surface area contributed by atoms with E-state index < -0.39 is 6.10 Å². The summed E-state index contributed by atoms with van der Waals surface area (Å²) in [5.41, 5.74) is 1.88. The number of aromatic nitrogens is 1. The second kappa shape index (κ2) is 13.1. The van der Waals surface area contributed by atoms with Crippen molar-refractivity contribution in [1.82, 2.24) is 15.6 Å². The molecule has 2 aromatic rings. The molecule has 0 spiro atoms. The van der Waals surface area contributed by atoms with Crippen molar-refractivity contribution in [2.75, 3.05) is 19.6 Å². The predicted octanol–water partition coefficient (Wildman–Crippen LogP) is 4.23. The number of hydrogen-bond donors (Lipinski definition) is 3. The third kappa shape index (κ3) is 8.64. The molecule has 0 saturated heterocycles. The summed E-state index contributed by atoms with van der Waals surface area (Å²) < 4.78 is 0. The van der Waals surface area contributed by atoms with Crippen molar-refractivity contribution in [3.8, 4) is 0 Å². The molecular weight excluding hydrogens is 498 g/mol. The van der Waals surface area contributed by atoms with E-state index in [0.717, 1.165) is 37.1 Å². The lowest BCUT2D eigenvalue weighted by atomic mass is 10.1. The molecule has 3 N–H and O–H groups in total. The van der Waals surface area contributed by atoms with Gasteiger partial charge in [0.1, 0.15) is 0 Å². The monoisotopic (exact) mass is 522 g/mol. The Hall–Kier alpha value is -1.09. The smallest absolute Gasteiger partial charge is 0.191 e.